The van der Waals surface area contributed by atoms with Crippen LogP contribution in [-0.4, -0.2) is 96.7 Å². The Kier molecular flexibility index (Phi) is 64.9. The van der Waals surface area contributed by atoms with Crippen LogP contribution in [0.25, 0.3) is 0 Å². The van der Waals surface area contributed by atoms with Gasteiger partial charge in [0.15, 0.2) is 12.2 Å². The van der Waals surface area contributed by atoms with Crippen LogP contribution in [0.4, 0.5) is 0 Å². The van der Waals surface area contributed by atoms with Gasteiger partial charge in [0.05, 0.1) is 26.4 Å². The van der Waals surface area contributed by atoms with Crippen LogP contribution in [0.15, 0.2) is 0 Å². The molecule has 2 unspecified atom stereocenters. The zero-order valence-corrected chi connectivity index (χ0v) is 61.5. The topological polar surface area (TPSA) is 237 Å². The van der Waals surface area contributed by atoms with Gasteiger partial charge in [0, 0.05) is 25.7 Å². The molecule has 17 nitrogen and oxygen atoms in total. The molecule has 0 aromatic rings. The molecule has 0 spiro atoms. The van der Waals surface area contributed by atoms with Gasteiger partial charge in [0.1, 0.15) is 19.3 Å². The molecular formula is C73H142O17P2. The van der Waals surface area contributed by atoms with E-state index >= 15 is 0 Å². The van der Waals surface area contributed by atoms with E-state index in [4.69, 9.17) is 37.0 Å². The molecule has 0 aliphatic carbocycles. The van der Waals surface area contributed by atoms with Crippen molar-refractivity contribution < 1.29 is 80.2 Å². The minimum atomic E-state index is -4.95. The highest BCUT2D eigenvalue weighted by Crippen LogP contribution is 2.45. The Balaban J connectivity index is 5.22. The summed E-state index contributed by atoms with van der Waals surface area (Å²) >= 11 is 0. The maximum Gasteiger partial charge on any atom is 0.472 e. The van der Waals surface area contributed by atoms with E-state index in [1.54, 1.807) is 0 Å². The molecule has 0 saturated carbocycles. The monoisotopic (exact) mass is 1350 g/mol. The number of hydrogen-bond donors (Lipinski definition) is 3. The molecule has 0 amide bonds. The van der Waals surface area contributed by atoms with Gasteiger partial charge in [0.2, 0.25) is 0 Å². The van der Waals surface area contributed by atoms with E-state index < -0.39 is 97.5 Å². The van der Waals surface area contributed by atoms with Crippen LogP contribution in [0.1, 0.15) is 381 Å². The first-order valence-electron chi connectivity index (χ1n) is 38.1. The second-order valence-corrected chi connectivity index (χ2v) is 29.7. The van der Waals surface area contributed by atoms with Crippen LogP contribution in [-0.2, 0) is 65.4 Å². The molecule has 5 atom stereocenters. The van der Waals surface area contributed by atoms with E-state index in [1.165, 1.54) is 199 Å². The van der Waals surface area contributed by atoms with Crippen LogP contribution in [0.3, 0.4) is 0 Å². The van der Waals surface area contributed by atoms with E-state index in [1.807, 2.05) is 0 Å². The number of aliphatic hydroxyl groups excluding tert-OH is 1. The van der Waals surface area contributed by atoms with Crippen molar-refractivity contribution in [3.05, 3.63) is 0 Å². The van der Waals surface area contributed by atoms with Crippen molar-refractivity contribution in [3.8, 4) is 0 Å². The first kappa shape index (κ1) is 90.1. The standard InChI is InChI=1S/C73H142O17P2/c1-6-9-12-15-18-21-23-25-26-27-28-30-34-39-44-49-54-59-73(78)90-69(63-84-71(76)57-52-47-42-37-35-31-32-36-40-45-50-55-66(4)5)65-88-92(81,82)86-61-67(74)60-85-91(79,80)87-64-68(62-83-70(75)56-51-46-41-20-17-14-11-8-3)89-72(77)58-53-48-43-38-33-29-24-22-19-16-13-10-7-2/h66-69,74H,6-65H2,1-5H3,(H,79,80)(H,81,82)/t67-,68+,69+/m0/s1. The van der Waals surface area contributed by atoms with Gasteiger partial charge in [-0.1, -0.05) is 330 Å². The number of ether oxygens (including phenoxy) is 4. The zero-order valence-electron chi connectivity index (χ0n) is 59.7. The van der Waals surface area contributed by atoms with E-state index in [9.17, 15) is 43.2 Å². The predicted molar refractivity (Wildman–Crippen MR) is 372 cm³/mol. The molecule has 0 radical (unpaired) electrons. The summed E-state index contributed by atoms with van der Waals surface area (Å²) in [5.74, 6) is -1.35. The Morgan fingerprint density at radius 2 is 0.500 bits per heavy atom. The summed E-state index contributed by atoms with van der Waals surface area (Å²) in [6.45, 7) is 7.26. The summed E-state index contributed by atoms with van der Waals surface area (Å²) in [6.07, 6.45) is 54.0. The third kappa shape index (κ3) is 66.7. The summed E-state index contributed by atoms with van der Waals surface area (Å²) < 4.78 is 68.4. The molecule has 92 heavy (non-hydrogen) atoms. The van der Waals surface area contributed by atoms with Gasteiger partial charge in [-0.25, -0.2) is 9.13 Å². The maximum absolute atomic E-state index is 13.1. The molecule has 0 aromatic heterocycles. The van der Waals surface area contributed by atoms with Gasteiger partial charge in [-0.15, -0.1) is 0 Å². The lowest BCUT2D eigenvalue weighted by Gasteiger charge is -2.21. The summed E-state index contributed by atoms with van der Waals surface area (Å²) in [4.78, 5) is 72.6. The molecule has 0 aromatic carbocycles. The number of carbonyl (C=O) groups is 4. The predicted octanol–water partition coefficient (Wildman–Crippen LogP) is 21.3. The lowest BCUT2D eigenvalue weighted by atomic mass is 10.0. The molecular weight excluding hydrogens is 1210 g/mol. The molecule has 0 heterocycles. The van der Waals surface area contributed by atoms with Crippen LogP contribution >= 0.6 is 15.6 Å². The third-order valence-corrected chi connectivity index (χ3v) is 18.9. The Morgan fingerprint density at radius 1 is 0.293 bits per heavy atom. The highest BCUT2D eigenvalue weighted by Gasteiger charge is 2.30. The third-order valence-electron chi connectivity index (χ3n) is 17.0. The molecule has 3 N–H and O–H groups in total. The van der Waals surface area contributed by atoms with Crippen molar-refractivity contribution in [3.63, 3.8) is 0 Å². The first-order valence-corrected chi connectivity index (χ1v) is 41.1. The lowest BCUT2D eigenvalue weighted by molar-refractivity contribution is -0.161. The van der Waals surface area contributed by atoms with Gasteiger partial charge >= 0.3 is 39.5 Å². The van der Waals surface area contributed by atoms with Crippen LogP contribution in [0.2, 0.25) is 0 Å². The van der Waals surface area contributed by atoms with Gasteiger partial charge < -0.3 is 33.8 Å². The number of esters is 4. The minimum absolute atomic E-state index is 0.108. The molecule has 0 aliphatic rings. The number of aliphatic hydroxyl groups is 1. The number of hydrogen-bond acceptors (Lipinski definition) is 15. The van der Waals surface area contributed by atoms with Crippen molar-refractivity contribution >= 4 is 39.5 Å². The lowest BCUT2D eigenvalue weighted by Crippen LogP contribution is -2.30. The second kappa shape index (κ2) is 66.3. The normalized spacial score (nSPS) is 14.0. The highest BCUT2D eigenvalue weighted by atomic mass is 31.2. The van der Waals surface area contributed by atoms with Gasteiger partial charge in [0.25, 0.3) is 0 Å². The Morgan fingerprint density at radius 3 is 0.739 bits per heavy atom. The average Bonchev–Trinajstić information content (AvgIpc) is 1.71. The van der Waals surface area contributed by atoms with Crippen LogP contribution < -0.4 is 0 Å². The van der Waals surface area contributed by atoms with Gasteiger partial charge in [-0.3, -0.25) is 37.3 Å². The second-order valence-electron chi connectivity index (χ2n) is 26.8. The molecule has 546 valence electrons. The molecule has 0 bridgehead atoms. The van der Waals surface area contributed by atoms with Crippen LogP contribution in [0, 0.1) is 5.92 Å². The zero-order chi connectivity index (χ0) is 67.7. The van der Waals surface area contributed by atoms with E-state index in [0.717, 1.165) is 102 Å². The highest BCUT2D eigenvalue weighted by molar-refractivity contribution is 7.47. The molecule has 0 rings (SSSR count). The van der Waals surface area contributed by atoms with Gasteiger partial charge in [-0.05, 0) is 31.6 Å². The molecule has 0 fully saturated rings. The maximum atomic E-state index is 13.1. The Bertz CT molecular complexity index is 1770. The summed E-state index contributed by atoms with van der Waals surface area (Å²) in [6, 6.07) is 0. The number of unbranched alkanes of at least 4 members (excludes halogenated alkanes) is 45. The van der Waals surface area contributed by atoms with Crippen molar-refractivity contribution in [1.29, 1.82) is 0 Å². The summed E-state index contributed by atoms with van der Waals surface area (Å²) in [5.41, 5.74) is 0. The molecule has 0 saturated heterocycles. The van der Waals surface area contributed by atoms with E-state index in [-0.39, 0.29) is 25.7 Å². The smallest absolute Gasteiger partial charge is 0.462 e. The number of rotatable bonds is 73. The van der Waals surface area contributed by atoms with Crippen molar-refractivity contribution in [1.82, 2.24) is 0 Å². The first-order chi connectivity index (χ1) is 44.5. The summed E-state index contributed by atoms with van der Waals surface area (Å²) in [5, 5.41) is 10.6. The van der Waals surface area contributed by atoms with Crippen LogP contribution in [0.5, 0.6) is 0 Å². The fourth-order valence-corrected chi connectivity index (χ4v) is 12.8. The van der Waals surface area contributed by atoms with Crippen molar-refractivity contribution in [2.75, 3.05) is 39.6 Å². The number of carbonyl (C=O) groups excluding carboxylic acids is 4. The Labute approximate surface area is 562 Å². The quantitative estimate of drug-likeness (QED) is 0.0222. The largest absolute Gasteiger partial charge is 0.472 e. The minimum Gasteiger partial charge on any atom is -0.462 e. The van der Waals surface area contributed by atoms with Crippen molar-refractivity contribution in [2.24, 2.45) is 5.92 Å². The molecule has 0 aliphatic heterocycles. The SMILES string of the molecule is CCCCCCCCCCCCCCCCCCCC(=O)O[C@H](COC(=O)CCCCCCCCCCCCCC(C)C)COP(=O)(O)OC[C@@H](O)COP(=O)(O)OC[C@@H](COC(=O)CCCCCCCCCC)OC(=O)CCCCCCCCCCCCCCC. The summed E-state index contributed by atoms with van der Waals surface area (Å²) in [7, 11) is -9.90. The van der Waals surface area contributed by atoms with E-state index in [2.05, 4.69) is 34.6 Å². The van der Waals surface area contributed by atoms with E-state index in [0.29, 0.717) is 25.7 Å². The number of phosphoric acid groups is 2. The molecule has 19 heteroatoms. The fourth-order valence-electron chi connectivity index (χ4n) is 11.2. The fraction of sp³-hybridized carbons (Fsp3) is 0.945. The van der Waals surface area contributed by atoms with Gasteiger partial charge in [-0.2, -0.15) is 0 Å². The Hall–Kier alpha value is -1.94. The number of phosphoric ester groups is 2. The average molecular weight is 1350 g/mol. The van der Waals surface area contributed by atoms with Crippen molar-refractivity contribution in [2.45, 2.75) is 400 Å².